The molecular weight excluding hydrogens is 180 g/mol. The topological polar surface area (TPSA) is 61.4 Å². The molecule has 12 heavy (non-hydrogen) atoms. The van der Waals surface area contributed by atoms with E-state index >= 15 is 0 Å². The van der Waals surface area contributed by atoms with Crippen LogP contribution in [-0.2, 0) is 0 Å². The van der Waals surface area contributed by atoms with Crippen molar-refractivity contribution in [2.45, 2.75) is 0 Å². The largest absolute Gasteiger partial charge is 0.342 e. The molecule has 0 aliphatic heterocycles. The van der Waals surface area contributed by atoms with Gasteiger partial charge in [0.2, 0.25) is 0 Å². The highest BCUT2D eigenvalue weighted by molar-refractivity contribution is 6.33. The zero-order valence-corrected chi connectivity index (χ0v) is 6.80. The number of halogens is 1. The van der Waals surface area contributed by atoms with Gasteiger partial charge in [-0.1, -0.05) is 23.7 Å². The second-order valence-corrected chi connectivity index (χ2v) is 2.45. The molecule has 0 atom stereocenters. The Balaban J connectivity index is 2.75. The molecule has 0 spiro atoms. The van der Waals surface area contributed by atoms with Crippen molar-refractivity contribution in [1.29, 1.82) is 0 Å². The molecule has 0 saturated heterocycles. The Morgan fingerprint density at radius 1 is 1.42 bits per heavy atom. The van der Waals surface area contributed by atoms with Gasteiger partial charge in [-0.05, 0) is 12.1 Å². The molecule has 0 bridgehead atoms. The Hall–Kier alpha value is -1.26. The molecule has 64 valence electrons. The van der Waals surface area contributed by atoms with Crippen LogP contribution in [0.25, 0.3) is 0 Å². The van der Waals surface area contributed by atoms with Crippen LogP contribution in [0.15, 0.2) is 24.3 Å². The molecule has 0 heterocycles. The van der Waals surface area contributed by atoms with E-state index in [-0.39, 0.29) is 0 Å². The van der Waals surface area contributed by atoms with Gasteiger partial charge in [0.15, 0.2) is 0 Å². The Labute approximate surface area is 74.1 Å². The quantitative estimate of drug-likeness (QED) is 0.463. The van der Waals surface area contributed by atoms with E-state index in [1.165, 1.54) is 5.48 Å². The third-order valence-electron chi connectivity index (χ3n) is 1.22. The number of hydrogen-bond donors (Lipinski definition) is 3. The summed E-state index contributed by atoms with van der Waals surface area (Å²) in [4.78, 5) is 10.6. The molecule has 0 aliphatic rings. The van der Waals surface area contributed by atoms with E-state index < -0.39 is 6.03 Å². The van der Waals surface area contributed by atoms with Gasteiger partial charge >= 0.3 is 6.03 Å². The molecule has 1 rings (SSSR count). The fraction of sp³-hybridized carbons (Fsp3) is 0. The first-order chi connectivity index (χ1) is 5.74. The summed E-state index contributed by atoms with van der Waals surface area (Å²) in [7, 11) is 0. The Bertz CT molecular complexity index is 290. The van der Waals surface area contributed by atoms with Crippen LogP contribution in [-0.4, -0.2) is 11.2 Å². The standard InChI is InChI=1S/C7H7ClN2O2/c8-5-3-1-2-4-6(5)9-7(11)10-12/h1-4,12H,(H2,9,10,11). The lowest BCUT2D eigenvalue weighted by Gasteiger charge is -2.04. The predicted molar refractivity (Wildman–Crippen MR) is 45.4 cm³/mol. The zero-order valence-electron chi connectivity index (χ0n) is 6.04. The van der Waals surface area contributed by atoms with Gasteiger partial charge in [-0.15, -0.1) is 0 Å². The summed E-state index contributed by atoms with van der Waals surface area (Å²) in [5.74, 6) is 0. The van der Waals surface area contributed by atoms with Gasteiger partial charge in [0, 0.05) is 0 Å². The molecule has 0 saturated carbocycles. The second-order valence-electron chi connectivity index (χ2n) is 2.05. The van der Waals surface area contributed by atoms with Crippen LogP contribution < -0.4 is 10.8 Å². The zero-order chi connectivity index (χ0) is 8.97. The number of carbonyl (C=O) groups excluding carboxylic acids is 1. The highest BCUT2D eigenvalue weighted by Gasteiger charge is 2.01. The van der Waals surface area contributed by atoms with Crippen LogP contribution in [0.3, 0.4) is 0 Å². The number of benzene rings is 1. The number of rotatable bonds is 1. The Kier molecular flexibility index (Phi) is 2.90. The summed E-state index contributed by atoms with van der Waals surface area (Å²) in [6.45, 7) is 0. The van der Waals surface area contributed by atoms with Crippen molar-refractivity contribution >= 4 is 23.3 Å². The van der Waals surface area contributed by atoms with E-state index in [0.717, 1.165) is 0 Å². The van der Waals surface area contributed by atoms with Gasteiger partial charge in [0.05, 0.1) is 10.7 Å². The van der Waals surface area contributed by atoms with Crippen molar-refractivity contribution in [3.05, 3.63) is 29.3 Å². The number of anilines is 1. The van der Waals surface area contributed by atoms with Gasteiger partial charge in [-0.2, -0.15) is 0 Å². The third kappa shape index (κ3) is 2.11. The minimum Gasteiger partial charge on any atom is -0.305 e. The smallest absolute Gasteiger partial charge is 0.305 e. The van der Waals surface area contributed by atoms with Crippen molar-refractivity contribution in [2.75, 3.05) is 5.32 Å². The maximum absolute atomic E-state index is 10.6. The molecule has 1 aromatic carbocycles. The van der Waals surface area contributed by atoms with Crippen LogP contribution in [0.1, 0.15) is 0 Å². The first-order valence-corrected chi connectivity index (χ1v) is 3.57. The number of para-hydroxylation sites is 1. The Morgan fingerprint density at radius 3 is 2.67 bits per heavy atom. The summed E-state index contributed by atoms with van der Waals surface area (Å²) in [6, 6.07) is 6.00. The van der Waals surface area contributed by atoms with E-state index in [1.54, 1.807) is 24.3 Å². The lowest BCUT2D eigenvalue weighted by Crippen LogP contribution is -2.25. The summed E-state index contributed by atoms with van der Waals surface area (Å²) in [5.41, 5.74) is 1.88. The van der Waals surface area contributed by atoms with Crippen LogP contribution in [0.4, 0.5) is 10.5 Å². The lowest BCUT2D eigenvalue weighted by atomic mass is 10.3. The number of nitrogens with one attached hydrogen (secondary N) is 2. The molecule has 1 aromatic rings. The summed E-state index contributed by atoms with van der Waals surface area (Å²) >= 11 is 5.70. The van der Waals surface area contributed by atoms with Crippen molar-refractivity contribution in [2.24, 2.45) is 0 Å². The molecular formula is C7H7ClN2O2. The van der Waals surface area contributed by atoms with Gasteiger partial charge in [-0.25, -0.2) is 10.3 Å². The fourth-order valence-electron chi connectivity index (χ4n) is 0.713. The maximum Gasteiger partial charge on any atom is 0.342 e. The average Bonchev–Trinajstić information content (AvgIpc) is 2.09. The van der Waals surface area contributed by atoms with Gasteiger partial charge in [-0.3, -0.25) is 5.21 Å². The number of amides is 2. The normalized spacial score (nSPS) is 9.17. The van der Waals surface area contributed by atoms with Crippen molar-refractivity contribution in [3.8, 4) is 0 Å². The first kappa shape index (κ1) is 8.83. The second kappa shape index (κ2) is 3.94. The molecule has 0 radical (unpaired) electrons. The fourth-order valence-corrected chi connectivity index (χ4v) is 0.896. The number of urea groups is 1. The van der Waals surface area contributed by atoms with Crippen molar-refractivity contribution in [3.63, 3.8) is 0 Å². The van der Waals surface area contributed by atoms with Gasteiger partial charge in [0.25, 0.3) is 0 Å². The van der Waals surface area contributed by atoms with E-state index in [0.29, 0.717) is 10.7 Å². The highest BCUT2D eigenvalue weighted by Crippen LogP contribution is 2.19. The van der Waals surface area contributed by atoms with Gasteiger partial charge in [0.1, 0.15) is 0 Å². The van der Waals surface area contributed by atoms with Crippen LogP contribution in [0.2, 0.25) is 5.02 Å². The molecule has 3 N–H and O–H groups in total. The molecule has 0 aliphatic carbocycles. The average molecular weight is 187 g/mol. The number of carbonyl (C=O) groups is 1. The number of hydroxylamine groups is 1. The monoisotopic (exact) mass is 186 g/mol. The third-order valence-corrected chi connectivity index (χ3v) is 1.55. The maximum atomic E-state index is 10.6. The lowest BCUT2D eigenvalue weighted by molar-refractivity contribution is 0.172. The highest BCUT2D eigenvalue weighted by atomic mass is 35.5. The molecule has 0 unspecified atom stereocenters. The van der Waals surface area contributed by atoms with E-state index in [4.69, 9.17) is 16.8 Å². The molecule has 5 heteroatoms. The molecule has 0 fully saturated rings. The molecule has 2 amide bonds. The first-order valence-electron chi connectivity index (χ1n) is 3.19. The summed E-state index contributed by atoms with van der Waals surface area (Å²) in [6.07, 6.45) is 0. The summed E-state index contributed by atoms with van der Waals surface area (Å²) < 4.78 is 0. The van der Waals surface area contributed by atoms with Gasteiger partial charge < -0.3 is 5.32 Å². The molecule has 4 nitrogen and oxygen atoms in total. The van der Waals surface area contributed by atoms with E-state index in [9.17, 15) is 4.79 Å². The minimum absolute atomic E-state index is 0.418. The van der Waals surface area contributed by atoms with Crippen LogP contribution in [0.5, 0.6) is 0 Å². The predicted octanol–water partition coefficient (Wildman–Crippen LogP) is 1.85. The van der Waals surface area contributed by atoms with E-state index in [1.807, 2.05) is 0 Å². The summed E-state index contributed by atoms with van der Waals surface area (Å²) in [5, 5.41) is 10.9. The van der Waals surface area contributed by atoms with Crippen LogP contribution >= 0.6 is 11.6 Å². The van der Waals surface area contributed by atoms with Crippen molar-refractivity contribution in [1.82, 2.24) is 5.48 Å². The Morgan fingerprint density at radius 2 is 2.08 bits per heavy atom. The SMILES string of the molecule is O=C(NO)Nc1ccccc1Cl. The minimum atomic E-state index is -0.719. The van der Waals surface area contributed by atoms with Crippen molar-refractivity contribution < 1.29 is 10.0 Å². The number of hydrogen-bond acceptors (Lipinski definition) is 2. The van der Waals surface area contributed by atoms with E-state index in [2.05, 4.69) is 5.32 Å². The molecule has 0 aromatic heterocycles. The van der Waals surface area contributed by atoms with Crippen LogP contribution in [0, 0.1) is 0 Å².